The van der Waals surface area contributed by atoms with Gasteiger partial charge in [0.2, 0.25) is 0 Å². The van der Waals surface area contributed by atoms with Crippen LogP contribution in [-0.4, -0.2) is 44.7 Å². The summed E-state index contributed by atoms with van der Waals surface area (Å²) in [5, 5.41) is 0.653. The van der Waals surface area contributed by atoms with Gasteiger partial charge in [-0.15, -0.1) is 0 Å². The van der Waals surface area contributed by atoms with E-state index < -0.39 is 0 Å². The lowest BCUT2D eigenvalue weighted by atomic mass is 10.00. The van der Waals surface area contributed by atoms with Crippen molar-refractivity contribution in [2.45, 2.75) is 51.6 Å². The number of imidazole rings is 1. The quantitative estimate of drug-likeness (QED) is 0.583. The van der Waals surface area contributed by atoms with E-state index in [9.17, 15) is 4.79 Å². The van der Waals surface area contributed by atoms with Gasteiger partial charge in [0.05, 0.1) is 10.7 Å². The minimum absolute atomic E-state index is 0.0640. The summed E-state index contributed by atoms with van der Waals surface area (Å²) in [6.07, 6.45) is 8.74. The van der Waals surface area contributed by atoms with E-state index in [0.717, 1.165) is 56.8 Å². The van der Waals surface area contributed by atoms with Crippen LogP contribution in [0.3, 0.4) is 0 Å². The zero-order chi connectivity index (χ0) is 21.2. The van der Waals surface area contributed by atoms with Crippen LogP contribution in [0.5, 0.6) is 0 Å². The van der Waals surface area contributed by atoms with Crippen LogP contribution in [0, 0.1) is 0 Å². The van der Waals surface area contributed by atoms with Crippen molar-refractivity contribution in [2.24, 2.45) is 0 Å². The highest BCUT2D eigenvalue weighted by atomic mass is 35.5. The fourth-order valence-corrected chi connectivity index (χ4v) is 5.05. The third kappa shape index (κ3) is 4.35. The van der Waals surface area contributed by atoms with Crippen molar-refractivity contribution in [3.8, 4) is 0 Å². The maximum absolute atomic E-state index is 13.6. The van der Waals surface area contributed by atoms with E-state index in [4.69, 9.17) is 16.6 Å². The van der Waals surface area contributed by atoms with Crippen LogP contribution in [0.1, 0.15) is 59.4 Å². The topological polar surface area (TPSA) is 40.9 Å². The molecule has 0 atom stereocenters. The van der Waals surface area contributed by atoms with E-state index >= 15 is 0 Å². The first kappa shape index (κ1) is 20.5. The van der Waals surface area contributed by atoms with Gasteiger partial charge in [0.15, 0.2) is 5.69 Å². The van der Waals surface area contributed by atoms with Crippen molar-refractivity contribution in [3.05, 3.63) is 70.1 Å². The van der Waals surface area contributed by atoms with Gasteiger partial charge in [0.1, 0.15) is 5.65 Å². The van der Waals surface area contributed by atoms with Crippen LogP contribution < -0.4 is 0 Å². The number of rotatable bonds is 3. The number of fused-ring (bicyclic) bond motifs is 2. The minimum atomic E-state index is 0.0640. The summed E-state index contributed by atoms with van der Waals surface area (Å²) in [5.74, 6) is 0.0640. The van der Waals surface area contributed by atoms with Gasteiger partial charge in [-0.05, 0) is 42.5 Å². The third-order valence-corrected chi connectivity index (χ3v) is 6.83. The second-order valence-electron chi connectivity index (χ2n) is 8.77. The lowest BCUT2D eigenvalue weighted by Crippen LogP contribution is -2.36. The van der Waals surface area contributed by atoms with Gasteiger partial charge in [0.25, 0.3) is 5.91 Å². The predicted molar refractivity (Wildman–Crippen MR) is 123 cm³/mol. The van der Waals surface area contributed by atoms with Gasteiger partial charge in [-0.2, -0.15) is 0 Å². The number of hydrogen-bond donors (Lipinski definition) is 0. The standard InChI is InChI=1S/C25H29ClN4O/c26-21-10-11-23-27-24(25(31)29-13-6-2-1-3-7-14-29)22(30(23)17-21)18-28-15-12-19-8-4-5-9-20(19)16-28/h4-5,8-11,17H,1-3,6-7,12-16,18H2. The molecule has 2 aromatic heterocycles. The zero-order valence-corrected chi connectivity index (χ0v) is 18.7. The number of pyridine rings is 1. The van der Waals surface area contributed by atoms with Crippen molar-refractivity contribution < 1.29 is 4.79 Å². The second-order valence-corrected chi connectivity index (χ2v) is 9.21. The molecule has 1 amide bonds. The normalized spacial score (nSPS) is 17.9. The first-order valence-electron chi connectivity index (χ1n) is 11.4. The van der Waals surface area contributed by atoms with Crippen LogP contribution in [0.25, 0.3) is 5.65 Å². The first-order valence-corrected chi connectivity index (χ1v) is 11.8. The van der Waals surface area contributed by atoms with E-state index in [2.05, 4.69) is 29.2 Å². The molecule has 0 saturated carbocycles. The molecule has 0 bridgehead atoms. The predicted octanol–water partition coefficient (Wildman–Crippen LogP) is 4.95. The number of aromatic nitrogens is 2. The summed E-state index contributed by atoms with van der Waals surface area (Å²) in [6, 6.07) is 12.4. The molecule has 0 radical (unpaired) electrons. The molecule has 0 aliphatic carbocycles. The zero-order valence-electron chi connectivity index (χ0n) is 17.9. The maximum Gasteiger partial charge on any atom is 0.274 e. The summed E-state index contributed by atoms with van der Waals surface area (Å²) >= 11 is 6.32. The fourth-order valence-electron chi connectivity index (χ4n) is 4.89. The average molecular weight is 437 g/mol. The maximum atomic E-state index is 13.6. The van der Waals surface area contributed by atoms with Crippen molar-refractivity contribution in [1.29, 1.82) is 0 Å². The Balaban J connectivity index is 1.47. The van der Waals surface area contributed by atoms with E-state index in [0.29, 0.717) is 17.3 Å². The number of amides is 1. The number of carbonyl (C=O) groups excluding carboxylic acids is 1. The van der Waals surface area contributed by atoms with Crippen LogP contribution in [-0.2, 0) is 19.5 Å². The molecule has 5 rings (SSSR count). The molecule has 162 valence electrons. The average Bonchev–Trinajstić information content (AvgIpc) is 3.10. The molecule has 6 heteroatoms. The van der Waals surface area contributed by atoms with Gasteiger partial charge in [0, 0.05) is 38.9 Å². The van der Waals surface area contributed by atoms with Crippen molar-refractivity contribution >= 4 is 23.2 Å². The number of halogens is 1. The fraction of sp³-hybridized carbons (Fsp3) is 0.440. The molecule has 0 unspecified atom stereocenters. The Labute approximate surface area is 188 Å². The SMILES string of the molecule is O=C(c1nc2ccc(Cl)cn2c1CN1CCc2ccccc2C1)N1CCCCCCC1. The summed E-state index contributed by atoms with van der Waals surface area (Å²) in [5.41, 5.74) is 5.12. The molecule has 5 nitrogen and oxygen atoms in total. The number of carbonyl (C=O) groups is 1. The van der Waals surface area contributed by atoms with E-state index in [1.165, 1.54) is 30.4 Å². The van der Waals surface area contributed by atoms with Crippen LogP contribution in [0.15, 0.2) is 42.6 Å². The van der Waals surface area contributed by atoms with E-state index in [1.54, 1.807) is 0 Å². The highest BCUT2D eigenvalue weighted by molar-refractivity contribution is 6.30. The number of likely N-dealkylation sites (tertiary alicyclic amines) is 1. The van der Waals surface area contributed by atoms with Gasteiger partial charge < -0.3 is 9.30 Å². The second kappa shape index (κ2) is 9.01. The van der Waals surface area contributed by atoms with Crippen molar-refractivity contribution in [3.63, 3.8) is 0 Å². The molecule has 0 spiro atoms. The Morgan fingerprint density at radius 1 is 0.935 bits per heavy atom. The third-order valence-electron chi connectivity index (χ3n) is 6.61. The Morgan fingerprint density at radius 2 is 1.68 bits per heavy atom. The van der Waals surface area contributed by atoms with E-state index in [-0.39, 0.29) is 5.91 Å². The Kier molecular flexibility index (Phi) is 5.97. The summed E-state index contributed by atoms with van der Waals surface area (Å²) in [4.78, 5) is 22.8. The Hall–Kier alpha value is -2.37. The molecule has 31 heavy (non-hydrogen) atoms. The minimum Gasteiger partial charge on any atom is -0.337 e. The summed E-state index contributed by atoms with van der Waals surface area (Å²) in [6.45, 7) is 4.20. The van der Waals surface area contributed by atoms with Crippen LogP contribution in [0.4, 0.5) is 0 Å². The molecule has 2 aliphatic heterocycles. The van der Waals surface area contributed by atoms with Gasteiger partial charge in [-0.1, -0.05) is 55.1 Å². The lowest BCUT2D eigenvalue weighted by Gasteiger charge is -2.29. The Bertz CT molecular complexity index is 1080. The molecule has 1 fully saturated rings. The molecule has 0 N–H and O–H groups in total. The van der Waals surface area contributed by atoms with Crippen LogP contribution in [0.2, 0.25) is 5.02 Å². The largest absolute Gasteiger partial charge is 0.337 e. The van der Waals surface area contributed by atoms with Crippen molar-refractivity contribution in [1.82, 2.24) is 19.2 Å². The molecular formula is C25H29ClN4O. The monoisotopic (exact) mass is 436 g/mol. The molecule has 4 heterocycles. The summed E-state index contributed by atoms with van der Waals surface area (Å²) < 4.78 is 2.01. The van der Waals surface area contributed by atoms with Gasteiger partial charge >= 0.3 is 0 Å². The Morgan fingerprint density at radius 3 is 2.48 bits per heavy atom. The van der Waals surface area contributed by atoms with Crippen LogP contribution >= 0.6 is 11.6 Å². The number of benzene rings is 1. The highest BCUT2D eigenvalue weighted by Crippen LogP contribution is 2.24. The molecule has 2 aliphatic rings. The van der Waals surface area contributed by atoms with Crippen molar-refractivity contribution in [2.75, 3.05) is 19.6 Å². The summed E-state index contributed by atoms with van der Waals surface area (Å²) in [7, 11) is 0. The van der Waals surface area contributed by atoms with Gasteiger partial charge in [-0.3, -0.25) is 9.69 Å². The number of hydrogen-bond acceptors (Lipinski definition) is 3. The first-order chi connectivity index (χ1) is 15.2. The smallest absolute Gasteiger partial charge is 0.274 e. The molecule has 3 aromatic rings. The number of nitrogens with zero attached hydrogens (tertiary/aromatic N) is 4. The lowest BCUT2D eigenvalue weighted by molar-refractivity contribution is 0.0734. The molecular weight excluding hydrogens is 408 g/mol. The van der Waals surface area contributed by atoms with E-state index in [1.807, 2.05) is 27.6 Å². The van der Waals surface area contributed by atoms with Gasteiger partial charge in [-0.25, -0.2) is 4.98 Å². The molecule has 1 saturated heterocycles. The molecule has 1 aromatic carbocycles. The highest BCUT2D eigenvalue weighted by Gasteiger charge is 2.26.